The number of aryl methyl sites for hydroxylation is 1. The molecule has 0 aliphatic carbocycles. The first-order valence-electron chi connectivity index (χ1n) is 7.05. The standard InChI is InChI=1S/C14H22N6S.HI/c1-4-15-14(16-10-13-18-17-11-20(13)3)19(2)8-7-12-6-5-9-21-12;/h5-6,9,11H,4,7-8,10H2,1-3H3,(H,15,16);1H. The van der Waals surface area contributed by atoms with Crippen LogP contribution >= 0.6 is 35.3 Å². The number of rotatable bonds is 6. The zero-order chi connectivity index (χ0) is 15.1. The van der Waals surface area contributed by atoms with Gasteiger partial charge in [0.2, 0.25) is 0 Å². The predicted molar refractivity (Wildman–Crippen MR) is 102 cm³/mol. The van der Waals surface area contributed by atoms with Crippen LogP contribution in [0.5, 0.6) is 0 Å². The number of hydrogen-bond donors (Lipinski definition) is 1. The van der Waals surface area contributed by atoms with E-state index in [2.05, 4.69) is 56.9 Å². The van der Waals surface area contributed by atoms with Crippen LogP contribution in [0.4, 0.5) is 0 Å². The fourth-order valence-electron chi connectivity index (χ4n) is 1.90. The Balaban J connectivity index is 0.00000242. The number of nitrogens with zero attached hydrogens (tertiary/aromatic N) is 5. The molecule has 0 aliphatic rings. The molecule has 0 radical (unpaired) electrons. The topological polar surface area (TPSA) is 58.3 Å². The van der Waals surface area contributed by atoms with Gasteiger partial charge < -0.3 is 14.8 Å². The number of likely N-dealkylation sites (N-methyl/N-ethyl adjacent to an activating group) is 1. The van der Waals surface area contributed by atoms with Crippen molar-refractivity contribution in [2.24, 2.45) is 12.0 Å². The van der Waals surface area contributed by atoms with Crippen LogP contribution in [0, 0.1) is 0 Å². The van der Waals surface area contributed by atoms with Crippen molar-refractivity contribution in [1.82, 2.24) is 25.0 Å². The number of aliphatic imine (C=N–C) groups is 1. The summed E-state index contributed by atoms with van der Waals surface area (Å²) in [7, 11) is 3.99. The molecular weight excluding hydrogens is 411 g/mol. The molecule has 2 aromatic heterocycles. The molecule has 0 aromatic carbocycles. The minimum absolute atomic E-state index is 0. The average molecular weight is 434 g/mol. The third-order valence-corrected chi connectivity index (χ3v) is 4.08. The third kappa shape index (κ3) is 5.56. The first-order valence-corrected chi connectivity index (χ1v) is 7.93. The van der Waals surface area contributed by atoms with Crippen molar-refractivity contribution in [3.05, 3.63) is 34.5 Å². The lowest BCUT2D eigenvalue weighted by atomic mass is 10.3. The highest BCUT2D eigenvalue weighted by atomic mass is 127. The maximum atomic E-state index is 4.63. The summed E-state index contributed by atoms with van der Waals surface area (Å²) >= 11 is 1.79. The molecule has 22 heavy (non-hydrogen) atoms. The van der Waals surface area contributed by atoms with Crippen molar-refractivity contribution in [2.45, 2.75) is 19.9 Å². The largest absolute Gasteiger partial charge is 0.357 e. The Hall–Kier alpha value is -1.16. The molecule has 0 unspecified atom stereocenters. The van der Waals surface area contributed by atoms with Crippen LogP contribution in [0.25, 0.3) is 0 Å². The number of hydrogen-bond acceptors (Lipinski definition) is 4. The lowest BCUT2D eigenvalue weighted by Crippen LogP contribution is -2.39. The Labute approximate surface area is 152 Å². The van der Waals surface area contributed by atoms with Gasteiger partial charge in [-0.15, -0.1) is 45.5 Å². The Morgan fingerprint density at radius 1 is 1.50 bits per heavy atom. The molecule has 0 bridgehead atoms. The molecule has 0 saturated carbocycles. The number of nitrogens with one attached hydrogen (secondary N) is 1. The molecule has 2 aromatic rings. The second kappa shape index (κ2) is 9.78. The van der Waals surface area contributed by atoms with Gasteiger partial charge in [0.15, 0.2) is 11.8 Å². The summed E-state index contributed by atoms with van der Waals surface area (Å²) in [6.07, 6.45) is 2.72. The van der Waals surface area contributed by atoms with Crippen molar-refractivity contribution in [3.8, 4) is 0 Å². The Morgan fingerprint density at radius 3 is 2.91 bits per heavy atom. The van der Waals surface area contributed by atoms with Crippen molar-refractivity contribution < 1.29 is 0 Å². The fraction of sp³-hybridized carbons (Fsp3) is 0.500. The van der Waals surface area contributed by atoms with Gasteiger partial charge in [-0.1, -0.05) is 6.07 Å². The third-order valence-electron chi connectivity index (χ3n) is 3.15. The summed E-state index contributed by atoms with van der Waals surface area (Å²) in [5.74, 6) is 1.76. The summed E-state index contributed by atoms with van der Waals surface area (Å²) in [6, 6.07) is 4.26. The molecular formula is C14H23IN6S. The molecule has 122 valence electrons. The maximum Gasteiger partial charge on any atom is 0.194 e. The van der Waals surface area contributed by atoms with Crippen LogP contribution in [-0.2, 0) is 20.0 Å². The SMILES string of the molecule is CCNC(=NCc1nncn1C)N(C)CCc1cccs1.I. The number of halogens is 1. The molecule has 0 saturated heterocycles. The van der Waals surface area contributed by atoms with Gasteiger partial charge in [0.05, 0.1) is 0 Å². The van der Waals surface area contributed by atoms with E-state index >= 15 is 0 Å². The van der Waals surface area contributed by atoms with E-state index in [4.69, 9.17) is 0 Å². The summed E-state index contributed by atoms with van der Waals surface area (Å²) < 4.78 is 1.89. The second-order valence-corrected chi connectivity index (χ2v) is 5.81. The summed E-state index contributed by atoms with van der Waals surface area (Å²) in [4.78, 5) is 8.17. The minimum atomic E-state index is 0. The maximum absolute atomic E-state index is 4.63. The van der Waals surface area contributed by atoms with Crippen LogP contribution in [-0.4, -0.2) is 45.8 Å². The highest BCUT2D eigenvalue weighted by molar-refractivity contribution is 14.0. The zero-order valence-corrected chi connectivity index (χ0v) is 16.3. The van der Waals surface area contributed by atoms with E-state index in [9.17, 15) is 0 Å². The van der Waals surface area contributed by atoms with Gasteiger partial charge in [-0.25, -0.2) is 4.99 Å². The highest BCUT2D eigenvalue weighted by Crippen LogP contribution is 2.09. The second-order valence-electron chi connectivity index (χ2n) is 4.78. The molecule has 2 rings (SSSR count). The summed E-state index contributed by atoms with van der Waals surface area (Å²) in [5.41, 5.74) is 0. The highest BCUT2D eigenvalue weighted by Gasteiger charge is 2.07. The van der Waals surface area contributed by atoms with E-state index in [-0.39, 0.29) is 24.0 Å². The Morgan fingerprint density at radius 2 is 2.32 bits per heavy atom. The number of guanidine groups is 1. The van der Waals surface area contributed by atoms with Crippen molar-refractivity contribution >= 4 is 41.3 Å². The lowest BCUT2D eigenvalue weighted by molar-refractivity contribution is 0.486. The predicted octanol–water partition coefficient (Wildman–Crippen LogP) is 2.13. The van der Waals surface area contributed by atoms with Crippen molar-refractivity contribution in [3.63, 3.8) is 0 Å². The van der Waals surface area contributed by atoms with Gasteiger partial charge in [-0.2, -0.15) is 0 Å². The molecule has 2 heterocycles. The monoisotopic (exact) mass is 434 g/mol. The van der Waals surface area contributed by atoms with Crippen LogP contribution in [0.2, 0.25) is 0 Å². The van der Waals surface area contributed by atoms with Gasteiger partial charge in [-0.05, 0) is 24.8 Å². The lowest BCUT2D eigenvalue weighted by Gasteiger charge is -2.21. The molecule has 0 atom stereocenters. The molecule has 0 fully saturated rings. The van der Waals surface area contributed by atoms with E-state index in [1.807, 2.05) is 11.6 Å². The first-order chi connectivity index (χ1) is 10.2. The molecule has 0 amide bonds. The normalized spacial score (nSPS) is 11.1. The van der Waals surface area contributed by atoms with Gasteiger partial charge >= 0.3 is 0 Å². The molecule has 6 nitrogen and oxygen atoms in total. The molecule has 8 heteroatoms. The summed E-state index contributed by atoms with van der Waals surface area (Å²) in [6.45, 7) is 4.39. The van der Waals surface area contributed by atoms with Crippen LogP contribution in [0.3, 0.4) is 0 Å². The smallest absolute Gasteiger partial charge is 0.194 e. The van der Waals surface area contributed by atoms with Crippen molar-refractivity contribution in [2.75, 3.05) is 20.1 Å². The number of aromatic nitrogens is 3. The average Bonchev–Trinajstić information content (AvgIpc) is 3.12. The van der Waals surface area contributed by atoms with Crippen LogP contribution in [0.15, 0.2) is 28.8 Å². The van der Waals surface area contributed by atoms with Crippen molar-refractivity contribution in [1.29, 1.82) is 0 Å². The first kappa shape index (κ1) is 18.9. The van der Waals surface area contributed by atoms with Gasteiger partial charge in [-0.3, -0.25) is 0 Å². The van der Waals surface area contributed by atoms with Crippen LogP contribution in [0.1, 0.15) is 17.6 Å². The molecule has 0 aliphatic heterocycles. The summed E-state index contributed by atoms with van der Waals surface area (Å²) in [5, 5.41) is 13.4. The van der Waals surface area contributed by atoms with Gasteiger partial charge in [0, 0.05) is 32.1 Å². The van der Waals surface area contributed by atoms with Gasteiger partial charge in [0.25, 0.3) is 0 Å². The van der Waals surface area contributed by atoms with Gasteiger partial charge in [0.1, 0.15) is 12.9 Å². The van der Waals surface area contributed by atoms with Crippen LogP contribution < -0.4 is 5.32 Å². The zero-order valence-electron chi connectivity index (χ0n) is 13.2. The minimum Gasteiger partial charge on any atom is -0.357 e. The van der Waals surface area contributed by atoms with E-state index in [1.165, 1.54) is 4.88 Å². The fourth-order valence-corrected chi connectivity index (χ4v) is 2.60. The quantitative estimate of drug-likeness (QED) is 0.430. The number of thiophene rings is 1. The Kier molecular flexibility index (Phi) is 8.39. The molecule has 0 spiro atoms. The molecule has 1 N–H and O–H groups in total. The Bertz CT molecular complexity index is 566. The van der Waals surface area contributed by atoms with E-state index in [1.54, 1.807) is 17.7 Å². The van der Waals surface area contributed by atoms with E-state index in [0.29, 0.717) is 6.54 Å². The van der Waals surface area contributed by atoms with E-state index in [0.717, 1.165) is 31.3 Å². The van der Waals surface area contributed by atoms with E-state index < -0.39 is 0 Å².